The number of aliphatic hydroxyl groups is 1. The van der Waals surface area contributed by atoms with E-state index < -0.39 is 16.3 Å². The van der Waals surface area contributed by atoms with Gasteiger partial charge in [0, 0.05) is 13.6 Å². The summed E-state index contributed by atoms with van der Waals surface area (Å²) in [6.45, 7) is 2.27. The van der Waals surface area contributed by atoms with Gasteiger partial charge in [0.2, 0.25) is 0 Å². The van der Waals surface area contributed by atoms with Crippen LogP contribution in [0.3, 0.4) is 0 Å². The molecule has 1 aromatic carbocycles. The summed E-state index contributed by atoms with van der Waals surface area (Å²) in [5.74, 6) is 0. The molecule has 0 heterocycles. The van der Waals surface area contributed by atoms with Gasteiger partial charge in [0.15, 0.2) is 0 Å². The van der Waals surface area contributed by atoms with E-state index in [4.69, 9.17) is 0 Å². The fraction of sp³-hybridized carbons (Fsp3) is 0.571. The standard InChI is InChI=1S/C14H24N2O3S/c1-3-4-10-16(2)20(18,19)15-14(12-17)11-13-8-6-5-7-9-13/h5-9,14-15,17H,3-4,10-12H2,1-2H3. The summed E-state index contributed by atoms with van der Waals surface area (Å²) in [6.07, 6.45) is 2.23. The molecule has 0 amide bonds. The largest absolute Gasteiger partial charge is 0.395 e. The number of benzene rings is 1. The lowest BCUT2D eigenvalue weighted by Crippen LogP contribution is -2.46. The lowest BCUT2D eigenvalue weighted by atomic mass is 10.1. The van der Waals surface area contributed by atoms with Crippen LogP contribution in [0.15, 0.2) is 30.3 Å². The Morgan fingerprint density at radius 2 is 1.95 bits per heavy atom. The van der Waals surface area contributed by atoms with Gasteiger partial charge in [-0.3, -0.25) is 0 Å². The highest BCUT2D eigenvalue weighted by molar-refractivity contribution is 7.87. The van der Waals surface area contributed by atoms with E-state index in [2.05, 4.69) is 4.72 Å². The number of nitrogens with zero attached hydrogens (tertiary/aromatic N) is 1. The molecular formula is C14H24N2O3S. The molecule has 0 spiro atoms. The molecule has 0 saturated carbocycles. The van der Waals surface area contributed by atoms with Gasteiger partial charge < -0.3 is 5.11 Å². The van der Waals surface area contributed by atoms with Crippen molar-refractivity contribution in [2.75, 3.05) is 20.2 Å². The third-order valence-electron chi connectivity index (χ3n) is 3.10. The zero-order chi connectivity index (χ0) is 15.0. The fourth-order valence-electron chi connectivity index (χ4n) is 1.84. The van der Waals surface area contributed by atoms with Crippen molar-refractivity contribution < 1.29 is 13.5 Å². The maximum atomic E-state index is 12.1. The second-order valence-corrected chi connectivity index (χ2v) is 6.68. The van der Waals surface area contributed by atoms with E-state index in [0.29, 0.717) is 13.0 Å². The molecule has 1 rings (SSSR count). The van der Waals surface area contributed by atoms with Crippen molar-refractivity contribution in [1.82, 2.24) is 9.03 Å². The number of aliphatic hydroxyl groups excluding tert-OH is 1. The van der Waals surface area contributed by atoms with Crippen LogP contribution in [0.4, 0.5) is 0 Å². The van der Waals surface area contributed by atoms with Crippen LogP contribution in [0.1, 0.15) is 25.3 Å². The second-order valence-electron chi connectivity index (χ2n) is 4.87. The second kappa shape index (κ2) is 8.36. The number of nitrogens with one attached hydrogen (secondary N) is 1. The normalized spacial score (nSPS) is 13.6. The Labute approximate surface area is 121 Å². The first-order chi connectivity index (χ1) is 9.49. The molecule has 0 bridgehead atoms. The first-order valence-electron chi connectivity index (χ1n) is 6.88. The molecule has 0 radical (unpaired) electrons. The van der Waals surface area contributed by atoms with Crippen molar-refractivity contribution in [2.24, 2.45) is 0 Å². The van der Waals surface area contributed by atoms with Crippen molar-refractivity contribution in [3.05, 3.63) is 35.9 Å². The van der Waals surface area contributed by atoms with Gasteiger partial charge in [-0.05, 0) is 18.4 Å². The summed E-state index contributed by atoms with van der Waals surface area (Å²) >= 11 is 0. The topological polar surface area (TPSA) is 69.6 Å². The maximum absolute atomic E-state index is 12.1. The summed E-state index contributed by atoms with van der Waals surface area (Å²) in [7, 11) is -1.99. The summed E-state index contributed by atoms with van der Waals surface area (Å²) < 4.78 is 28.0. The van der Waals surface area contributed by atoms with Crippen molar-refractivity contribution in [3.8, 4) is 0 Å². The molecule has 1 unspecified atom stereocenters. The third-order valence-corrected chi connectivity index (χ3v) is 4.73. The van der Waals surface area contributed by atoms with Gasteiger partial charge in [-0.1, -0.05) is 43.7 Å². The Kier molecular flexibility index (Phi) is 7.15. The minimum Gasteiger partial charge on any atom is -0.395 e. The minimum atomic E-state index is -3.54. The molecule has 0 aliphatic carbocycles. The zero-order valence-corrected chi connectivity index (χ0v) is 12.9. The van der Waals surface area contributed by atoms with Crippen LogP contribution in [0.2, 0.25) is 0 Å². The molecule has 2 N–H and O–H groups in total. The summed E-state index contributed by atoms with van der Waals surface area (Å²) in [5.41, 5.74) is 0.991. The Balaban J connectivity index is 2.63. The summed E-state index contributed by atoms with van der Waals surface area (Å²) in [6, 6.07) is 9.01. The molecule has 114 valence electrons. The average Bonchev–Trinajstić information content (AvgIpc) is 2.44. The molecule has 0 saturated heterocycles. The smallest absolute Gasteiger partial charge is 0.279 e. The van der Waals surface area contributed by atoms with E-state index in [1.165, 1.54) is 4.31 Å². The highest BCUT2D eigenvalue weighted by atomic mass is 32.2. The van der Waals surface area contributed by atoms with Gasteiger partial charge in [0.25, 0.3) is 10.2 Å². The van der Waals surface area contributed by atoms with Gasteiger partial charge in [0.1, 0.15) is 0 Å². The van der Waals surface area contributed by atoms with Crippen LogP contribution in [0.5, 0.6) is 0 Å². The molecule has 6 heteroatoms. The SMILES string of the molecule is CCCCN(C)S(=O)(=O)NC(CO)Cc1ccccc1. The number of unbranched alkanes of at least 4 members (excludes halogenated alkanes) is 1. The Bertz CT molecular complexity index is 476. The van der Waals surface area contributed by atoms with Crippen LogP contribution >= 0.6 is 0 Å². The molecule has 0 aliphatic heterocycles. The van der Waals surface area contributed by atoms with Crippen molar-refractivity contribution in [2.45, 2.75) is 32.2 Å². The van der Waals surface area contributed by atoms with Gasteiger partial charge in [0.05, 0.1) is 12.6 Å². The summed E-state index contributed by atoms with van der Waals surface area (Å²) in [4.78, 5) is 0. The zero-order valence-electron chi connectivity index (χ0n) is 12.1. The number of hydrogen-bond donors (Lipinski definition) is 2. The average molecular weight is 300 g/mol. The predicted octanol–water partition coefficient (Wildman–Crippen LogP) is 1.16. The lowest BCUT2D eigenvalue weighted by molar-refractivity contribution is 0.254. The molecule has 0 aromatic heterocycles. The third kappa shape index (κ3) is 5.58. The van der Waals surface area contributed by atoms with Crippen LogP contribution in [0, 0.1) is 0 Å². The molecular weight excluding hydrogens is 276 g/mol. The van der Waals surface area contributed by atoms with E-state index in [1.54, 1.807) is 7.05 Å². The van der Waals surface area contributed by atoms with Gasteiger partial charge >= 0.3 is 0 Å². The Morgan fingerprint density at radius 1 is 1.30 bits per heavy atom. The Morgan fingerprint density at radius 3 is 2.50 bits per heavy atom. The Hall–Kier alpha value is -0.950. The van der Waals surface area contributed by atoms with E-state index >= 15 is 0 Å². The van der Waals surface area contributed by atoms with Crippen molar-refractivity contribution in [1.29, 1.82) is 0 Å². The molecule has 0 fully saturated rings. The maximum Gasteiger partial charge on any atom is 0.279 e. The molecule has 1 atom stereocenters. The number of rotatable bonds is 9. The van der Waals surface area contributed by atoms with E-state index in [1.807, 2.05) is 37.3 Å². The van der Waals surface area contributed by atoms with Crippen LogP contribution < -0.4 is 4.72 Å². The molecule has 1 aromatic rings. The lowest BCUT2D eigenvalue weighted by Gasteiger charge is -2.22. The van der Waals surface area contributed by atoms with Crippen molar-refractivity contribution in [3.63, 3.8) is 0 Å². The number of hydrogen-bond acceptors (Lipinski definition) is 3. The quantitative estimate of drug-likeness (QED) is 0.719. The van der Waals surface area contributed by atoms with Crippen LogP contribution in [0.25, 0.3) is 0 Å². The predicted molar refractivity (Wildman–Crippen MR) is 80.6 cm³/mol. The monoisotopic (exact) mass is 300 g/mol. The highest BCUT2D eigenvalue weighted by Gasteiger charge is 2.21. The van der Waals surface area contributed by atoms with E-state index in [9.17, 15) is 13.5 Å². The fourth-order valence-corrected chi connectivity index (χ4v) is 2.97. The summed E-state index contributed by atoms with van der Waals surface area (Å²) in [5, 5.41) is 9.36. The van der Waals surface area contributed by atoms with Crippen LogP contribution in [-0.2, 0) is 16.6 Å². The van der Waals surface area contributed by atoms with Gasteiger partial charge in [-0.2, -0.15) is 17.4 Å². The first-order valence-corrected chi connectivity index (χ1v) is 8.32. The minimum absolute atomic E-state index is 0.226. The van der Waals surface area contributed by atoms with Gasteiger partial charge in [-0.15, -0.1) is 0 Å². The van der Waals surface area contributed by atoms with E-state index in [0.717, 1.165) is 18.4 Å². The van der Waals surface area contributed by atoms with Crippen molar-refractivity contribution >= 4 is 10.2 Å². The van der Waals surface area contributed by atoms with E-state index in [-0.39, 0.29) is 6.61 Å². The first kappa shape index (κ1) is 17.1. The highest BCUT2D eigenvalue weighted by Crippen LogP contribution is 2.06. The molecule has 5 nitrogen and oxygen atoms in total. The molecule has 20 heavy (non-hydrogen) atoms. The van der Waals surface area contributed by atoms with Gasteiger partial charge in [-0.25, -0.2) is 0 Å². The molecule has 0 aliphatic rings. The van der Waals surface area contributed by atoms with Crippen LogP contribution in [-0.4, -0.2) is 44.1 Å².